The molecule has 2 aromatic carbocycles. The number of aryl methyl sites for hydroxylation is 1. The number of benzene rings is 2. The number of halogens is 1. The van der Waals surface area contributed by atoms with Crippen LogP contribution in [0.5, 0.6) is 5.75 Å². The summed E-state index contributed by atoms with van der Waals surface area (Å²) in [5.41, 5.74) is 1.92. The lowest BCUT2D eigenvalue weighted by molar-refractivity contribution is -0.154. The third-order valence-electron chi connectivity index (χ3n) is 3.63. The number of carbonyl (C=O) groups is 2. The van der Waals surface area contributed by atoms with E-state index >= 15 is 0 Å². The van der Waals surface area contributed by atoms with E-state index in [9.17, 15) is 14.0 Å². The molecule has 0 fully saturated rings. The summed E-state index contributed by atoms with van der Waals surface area (Å²) in [5.74, 6) is -0.742. The molecule has 1 atom stereocenters. The molecule has 1 N–H and O–H groups in total. The van der Waals surface area contributed by atoms with Gasteiger partial charge in [-0.1, -0.05) is 24.3 Å². The van der Waals surface area contributed by atoms with Crippen LogP contribution in [0.2, 0.25) is 0 Å². The van der Waals surface area contributed by atoms with Gasteiger partial charge in [0.25, 0.3) is 5.91 Å². The smallest absolute Gasteiger partial charge is 0.347 e. The first-order valence-corrected chi connectivity index (χ1v) is 8.35. The van der Waals surface area contributed by atoms with Crippen molar-refractivity contribution >= 4 is 11.9 Å². The Morgan fingerprint density at radius 2 is 1.88 bits per heavy atom. The van der Waals surface area contributed by atoms with Gasteiger partial charge in [-0.25, -0.2) is 9.18 Å². The normalized spacial score (nSPS) is 11.5. The van der Waals surface area contributed by atoms with Crippen LogP contribution in [-0.2, 0) is 20.7 Å². The highest BCUT2D eigenvalue weighted by Gasteiger charge is 2.17. The fraction of sp³-hybridized carbons (Fsp3) is 0.300. The first-order valence-electron chi connectivity index (χ1n) is 8.35. The minimum Gasteiger partial charge on any atom is -0.479 e. The molecule has 2 aromatic rings. The molecular formula is C20H22FNO4. The first-order chi connectivity index (χ1) is 12.4. The molecule has 5 nitrogen and oxygen atoms in total. The zero-order valence-electron chi connectivity index (χ0n) is 14.8. The number of hydrogen-bond acceptors (Lipinski definition) is 4. The van der Waals surface area contributed by atoms with Crippen LogP contribution < -0.4 is 10.1 Å². The van der Waals surface area contributed by atoms with E-state index in [0.29, 0.717) is 18.7 Å². The summed E-state index contributed by atoms with van der Waals surface area (Å²) in [7, 11) is 0. The molecule has 0 radical (unpaired) electrons. The van der Waals surface area contributed by atoms with E-state index in [0.717, 1.165) is 11.1 Å². The Hall–Kier alpha value is -2.89. The third-order valence-corrected chi connectivity index (χ3v) is 3.63. The number of nitrogens with one attached hydrogen (secondary N) is 1. The summed E-state index contributed by atoms with van der Waals surface area (Å²) in [6.07, 6.45) is -0.254. The fourth-order valence-corrected chi connectivity index (χ4v) is 2.24. The highest BCUT2D eigenvalue weighted by molar-refractivity contribution is 5.81. The number of ether oxygens (including phenoxy) is 2. The maximum absolute atomic E-state index is 12.8. The highest BCUT2D eigenvalue weighted by Crippen LogP contribution is 2.14. The molecule has 0 saturated heterocycles. The number of amides is 1. The minimum absolute atomic E-state index is 0.299. The SMILES string of the molecule is Cc1cccc(O[C@H](C)C(=O)OCC(=O)NCCc2ccc(F)cc2)c1. The van der Waals surface area contributed by atoms with E-state index in [4.69, 9.17) is 9.47 Å². The molecule has 0 aliphatic rings. The molecular weight excluding hydrogens is 337 g/mol. The first kappa shape index (κ1) is 19.4. The van der Waals surface area contributed by atoms with Crippen LogP contribution >= 0.6 is 0 Å². The van der Waals surface area contributed by atoms with Crippen LogP contribution in [0.4, 0.5) is 4.39 Å². The predicted octanol–water partition coefficient (Wildman–Crippen LogP) is 2.80. The minimum atomic E-state index is -0.816. The topological polar surface area (TPSA) is 64.6 Å². The van der Waals surface area contributed by atoms with Crippen molar-refractivity contribution in [2.75, 3.05) is 13.2 Å². The summed E-state index contributed by atoms with van der Waals surface area (Å²) < 4.78 is 23.3. The van der Waals surface area contributed by atoms with Crippen LogP contribution in [0.1, 0.15) is 18.1 Å². The van der Waals surface area contributed by atoms with Gasteiger partial charge >= 0.3 is 5.97 Å². The Kier molecular flexibility index (Phi) is 7.14. The highest BCUT2D eigenvalue weighted by atomic mass is 19.1. The lowest BCUT2D eigenvalue weighted by atomic mass is 10.1. The molecule has 26 heavy (non-hydrogen) atoms. The summed E-state index contributed by atoms with van der Waals surface area (Å²) in [5, 5.41) is 2.65. The number of esters is 1. The molecule has 0 spiro atoms. The molecule has 0 heterocycles. The number of rotatable bonds is 8. The molecule has 0 aliphatic carbocycles. The van der Waals surface area contributed by atoms with Crippen molar-refractivity contribution in [2.45, 2.75) is 26.4 Å². The van der Waals surface area contributed by atoms with Gasteiger partial charge in [-0.05, 0) is 55.7 Å². The van der Waals surface area contributed by atoms with Crippen LogP contribution in [-0.4, -0.2) is 31.1 Å². The molecule has 6 heteroatoms. The van der Waals surface area contributed by atoms with Crippen LogP contribution in [0.25, 0.3) is 0 Å². The molecule has 138 valence electrons. The second-order valence-electron chi connectivity index (χ2n) is 5.91. The summed E-state index contributed by atoms with van der Waals surface area (Å²) in [6.45, 7) is 3.49. The molecule has 0 saturated carbocycles. The lowest BCUT2D eigenvalue weighted by Crippen LogP contribution is -2.33. The van der Waals surface area contributed by atoms with Crippen molar-refractivity contribution in [3.8, 4) is 5.75 Å². The third kappa shape index (κ3) is 6.55. The average molecular weight is 359 g/mol. The Bertz CT molecular complexity index is 746. The van der Waals surface area contributed by atoms with E-state index in [2.05, 4.69) is 5.32 Å². The maximum atomic E-state index is 12.8. The van der Waals surface area contributed by atoms with E-state index < -0.39 is 18.0 Å². The zero-order valence-corrected chi connectivity index (χ0v) is 14.8. The van der Waals surface area contributed by atoms with Crippen molar-refractivity contribution in [3.05, 3.63) is 65.5 Å². The predicted molar refractivity (Wildman–Crippen MR) is 95.3 cm³/mol. The Balaban J connectivity index is 1.67. The second-order valence-corrected chi connectivity index (χ2v) is 5.91. The van der Waals surface area contributed by atoms with Crippen LogP contribution in [0.3, 0.4) is 0 Å². The zero-order chi connectivity index (χ0) is 18.9. The number of carbonyl (C=O) groups excluding carboxylic acids is 2. The average Bonchev–Trinajstić information content (AvgIpc) is 2.61. The molecule has 2 rings (SSSR count). The van der Waals surface area contributed by atoms with Crippen molar-refractivity contribution in [1.82, 2.24) is 5.32 Å². The molecule has 0 unspecified atom stereocenters. The molecule has 0 bridgehead atoms. The van der Waals surface area contributed by atoms with Crippen molar-refractivity contribution in [1.29, 1.82) is 0 Å². The summed E-state index contributed by atoms with van der Waals surface area (Å²) in [6, 6.07) is 13.4. The second kappa shape index (κ2) is 9.56. The van der Waals surface area contributed by atoms with Crippen LogP contribution in [0, 0.1) is 12.7 Å². The van der Waals surface area contributed by atoms with Gasteiger partial charge in [0.05, 0.1) is 0 Å². The van der Waals surface area contributed by atoms with E-state index in [1.54, 1.807) is 25.1 Å². The largest absolute Gasteiger partial charge is 0.479 e. The molecule has 0 aliphatic heterocycles. The van der Waals surface area contributed by atoms with E-state index in [1.807, 2.05) is 25.1 Å². The summed E-state index contributed by atoms with van der Waals surface area (Å²) >= 11 is 0. The van der Waals surface area contributed by atoms with E-state index in [-0.39, 0.29) is 12.4 Å². The standard InChI is InChI=1S/C20H22FNO4/c1-14-4-3-5-18(12-14)26-15(2)20(24)25-13-19(23)22-11-10-16-6-8-17(21)9-7-16/h3-9,12,15H,10-11,13H2,1-2H3,(H,22,23)/t15-/m1/s1. The monoisotopic (exact) mass is 359 g/mol. The van der Waals surface area contributed by atoms with Crippen LogP contribution in [0.15, 0.2) is 48.5 Å². The Morgan fingerprint density at radius 1 is 1.15 bits per heavy atom. The van der Waals surface area contributed by atoms with Gasteiger partial charge in [-0.2, -0.15) is 0 Å². The number of hydrogen-bond donors (Lipinski definition) is 1. The quantitative estimate of drug-likeness (QED) is 0.736. The summed E-state index contributed by atoms with van der Waals surface area (Å²) in [4.78, 5) is 23.6. The molecule has 1 amide bonds. The van der Waals surface area contributed by atoms with Gasteiger partial charge in [0.1, 0.15) is 11.6 Å². The Labute approximate surface area is 152 Å². The van der Waals surface area contributed by atoms with Gasteiger partial charge in [0.15, 0.2) is 12.7 Å². The van der Waals surface area contributed by atoms with Gasteiger partial charge < -0.3 is 14.8 Å². The van der Waals surface area contributed by atoms with Crippen molar-refractivity contribution < 1.29 is 23.5 Å². The molecule has 0 aromatic heterocycles. The fourth-order valence-electron chi connectivity index (χ4n) is 2.24. The van der Waals surface area contributed by atoms with E-state index in [1.165, 1.54) is 12.1 Å². The van der Waals surface area contributed by atoms with Crippen molar-refractivity contribution in [3.63, 3.8) is 0 Å². The van der Waals surface area contributed by atoms with Gasteiger partial charge in [-0.15, -0.1) is 0 Å². The maximum Gasteiger partial charge on any atom is 0.347 e. The lowest BCUT2D eigenvalue weighted by Gasteiger charge is -2.14. The Morgan fingerprint density at radius 3 is 2.58 bits per heavy atom. The van der Waals surface area contributed by atoms with Gasteiger partial charge in [0.2, 0.25) is 0 Å². The van der Waals surface area contributed by atoms with Gasteiger partial charge in [0, 0.05) is 6.54 Å². The van der Waals surface area contributed by atoms with Crippen molar-refractivity contribution in [2.24, 2.45) is 0 Å². The van der Waals surface area contributed by atoms with Gasteiger partial charge in [-0.3, -0.25) is 4.79 Å².